The first kappa shape index (κ1) is 25.7. The Morgan fingerprint density at radius 2 is 1.82 bits per heavy atom. The number of ether oxygens (including phenoxy) is 1. The minimum absolute atomic E-state index is 0.0261. The first-order valence-corrected chi connectivity index (χ1v) is 15.1. The number of carbonyl (C=O) groups is 2. The molecular formula is C29H39N5O3S. The summed E-state index contributed by atoms with van der Waals surface area (Å²) in [7, 11) is 0. The Hall–Kier alpha value is -2.52. The molecule has 4 aliphatic rings. The van der Waals surface area contributed by atoms with Gasteiger partial charge in [0.1, 0.15) is 4.88 Å². The topological polar surface area (TPSA) is 78.9 Å². The molecule has 38 heavy (non-hydrogen) atoms. The van der Waals surface area contributed by atoms with Crippen molar-refractivity contribution in [2.24, 2.45) is 0 Å². The number of hydrogen-bond donors (Lipinski definition) is 0. The molecule has 2 bridgehead atoms. The second-order valence-electron chi connectivity index (χ2n) is 11.9. The van der Waals surface area contributed by atoms with E-state index in [1.807, 2.05) is 11.8 Å². The minimum atomic E-state index is -0.128. The molecule has 2 unspecified atom stereocenters. The zero-order valence-electron chi connectivity index (χ0n) is 22.8. The smallest absolute Gasteiger partial charge is 0.410 e. The number of benzene rings is 1. The van der Waals surface area contributed by atoms with Gasteiger partial charge in [-0.05, 0) is 87.1 Å². The second-order valence-corrected chi connectivity index (χ2v) is 12.6. The Morgan fingerprint density at radius 3 is 2.50 bits per heavy atom. The van der Waals surface area contributed by atoms with Crippen molar-refractivity contribution in [1.29, 1.82) is 0 Å². The largest absolute Gasteiger partial charge is 0.450 e. The van der Waals surface area contributed by atoms with Crippen molar-refractivity contribution in [2.75, 3.05) is 26.2 Å². The van der Waals surface area contributed by atoms with Gasteiger partial charge < -0.3 is 19.4 Å². The van der Waals surface area contributed by atoms with Crippen molar-refractivity contribution in [1.82, 2.24) is 24.3 Å². The van der Waals surface area contributed by atoms with Gasteiger partial charge in [0.2, 0.25) is 0 Å². The first-order chi connectivity index (χ1) is 18.4. The maximum absolute atomic E-state index is 13.7. The average molecular weight is 538 g/mol. The fourth-order valence-electron chi connectivity index (χ4n) is 7.59. The van der Waals surface area contributed by atoms with Gasteiger partial charge in [-0.3, -0.25) is 4.79 Å². The normalized spacial score (nSPS) is 26.6. The van der Waals surface area contributed by atoms with E-state index in [1.165, 1.54) is 22.7 Å². The molecule has 2 amide bonds. The second kappa shape index (κ2) is 10.2. The molecule has 1 aromatic heterocycles. The number of likely N-dealkylation sites (tertiary alicyclic amines) is 1. The molecule has 2 aromatic rings. The highest BCUT2D eigenvalue weighted by Gasteiger charge is 2.48. The van der Waals surface area contributed by atoms with Crippen LogP contribution in [0.3, 0.4) is 0 Å². The summed E-state index contributed by atoms with van der Waals surface area (Å²) in [6, 6.07) is 9.86. The van der Waals surface area contributed by atoms with Crippen molar-refractivity contribution in [3.05, 3.63) is 46.0 Å². The molecule has 1 aromatic carbocycles. The zero-order chi connectivity index (χ0) is 26.4. The minimum Gasteiger partial charge on any atom is -0.450 e. The fraction of sp³-hybridized carbons (Fsp3) is 0.655. The predicted molar refractivity (Wildman–Crippen MR) is 146 cm³/mol. The third-order valence-electron chi connectivity index (χ3n) is 9.44. The molecule has 2 atom stereocenters. The summed E-state index contributed by atoms with van der Waals surface area (Å²) in [5.74, 6) is 0.246. The van der Waals surface area contributed by atoms with Crippen molar-refractivity contribution in [3.63, 3.8) is 0 Å². The van der Waals surface area contributed by atoms with Crippen LogP contribution < -0.4 is 0 Å². The van der Waals surface area contributed by atoms with Gasteiger partial charge in [-0.1, -0.05) is 42.6 Å². The Morgan fingerprint density at radius 1 is 1.11 bits per heavy atom. The van der Waals surface area contributed by atoms with Crippen LogP contribution >= 0.6 is 11.5 Å². The summed E-state index contributed by atoms with van der Waals surface area (Å²) in [5.41, 5.74) is 3.48. The predicted octanol–water partition coefficient (Wildman–Crippen LogP) is 4.80. The van der Waals surface area contributed by atoms with E-state index >= 15 is 0 Å². The molecule has 0 radical (unpaired) electrons. The van der Waals surface area contributed by atoms with E-state index in [2.05, 4.69) is 57.5 Å². The molecule has 0 aliphatic carbocycles. The number of amides is 2. The van der Waals surface area contributed by atoms with Crippen LogP contribution in [0.1, 0.15) is 91.7 Å². The molecule has 204 valence electrons. The summed E-state index contributed by atoms with van der Waals surface area (Å²) in [4.78, 5) is 33.7. The molecule has 0 saturated carbocycles. The van der Waals surface area contributed by atoms with Crippen molar-refractivity contribution < 1.29 is 14.3 Å². The van der Waals surface area contributed by atoms with Crippen LogP contribution in [0.15, 0.2) is 24.3 Å². The molecule has 3 fully saturated rings. The van der Waals surface area contributed by atoms with Gasteiger partial charge in [0.05, 0.1) is 12.3 Å². The summed E-state index contributed by atoms with van der Waals surface area (Å²) >= 11 is 1.23. The van der Waals surface area contributed by atoms with Crippen LogP contribution in [0.5, 0.6) is 0 Å². The number of aromatic nitrogens is 2. The highest BCUT2D eigenvalue weighted by Crippen LogP contribution is 2.45. The lowest BCUT2D eigenvalue weighted by Gasteiger charge is -2.51. The molecular weight excluding hydrogens is 498 g/mol. The van der Waals surface area contributed by atoms with Crippen LogP contribution in [0.4, 0.5) is 4.79 Å². The van der Waals surface area contributed by atoms with Crippen LogP contribution in [0, 0.1) is 0 Å². The molecule has 9 heteroatoms. The summed E-state index contributed by atoms with van der Waals surface area (Å²) in [6.45, 7) is 9.90. The van der Waals surface area contributed by atoms with Crippen molar-refractivity contribution in [3.8, 4) is 0 Å². The van der Waals surface area contributed by atoms with Gasteiger partial charge in [0, 0.05) is 36.6 Å². The van der Waals surface area contributed by atoms with Gasteiger partial charge in [0.25, 0.3) is 5.91 Å². The highest BCUT2D eigenvalue weighted by atomic mass is 32.1. The molecule has 8 nitrogen and oxygen atoms in total. The molecule has 0 N–H and O–H groups in total. The lowest BCUT2D eigenvalue weighted by molar-refractivity contribution is 0.0192. The SMILES string of the molecule is CCOC(=O)N1C2CCC1CC(N1CCC3(CC1)CN(C(=O)c1snnc1C(C)C)Cc1ccccc13)C2. The maximum atomic E-state index is 13.7. The maximum Gasteiger partial charge on any atom is 0.410 e. The number of carbonyl (C=O) groups excluding carboxylic acids is 2. The lowest BCUT2D eigenvalue weighted by Crippen LogP contribution is -2.57. The van der Waals surface area contributed by atoms with E-state index in [-0.39, 0.29) is 23.3 Å². The number of rotatable bonds is 4. The third kappa shape index (κ3) is 4.41. The van der Waals surface area contributed by atoms with Gasteiger partial charge in [0.15, 0.2) is 0 Å². The quantitative estimate of drug-likeness (QED) is 0.557. The monoisotopic (exact) mass is 537 g/mol. The highest BCUT2D eigenvalue weighted by molar-refractivity contribution is 7.08. The molecule has 5 heterocycles. The third-order valence-corrected chi connectivity index (χ3v) is 10.2. The average Bonchev–Trinajstić information content (AvgIpc) is 3.51. The van der Waals surface area contributed by atoms with Gasteiger partial charge >= 0.3 is 6.09 Å². The standard InChI is InChI=1S/C29H39N5O3S/c1-4-37-28(36)34-21-9-10-22(34)16-23(15-21)32-13-11-29(12-14-32)18-33(17-20-7-5-6-8-24(20)29)27(35)26-25(19(2)3)30-31-38-26/h5-8,19,21-23H,4,9-18H2,1-3H3. The van der Waals surface area contributed by atoms with Crippen molar-refractivity contribution >= 4 is 23.5 Å². The summed E-state index contributed by atoms with van der Waals surface area (Å²) in [6.07, 6.45) is 6.22. The molecule has 4 aliphatic heterocycles. The number of piperidine rings is 2. The van der Waals surface area contributed by atoms with Gasteiger partial charge in [-0.15, -0.1) is 5.10 Å². The van der Waals surface area contributed by atoms with Crippen LogP contribution in [-0.2, 0) is 16.7 Å². The number of fused-ring (bicyclic) bond motifs is 4. The number of hydrogen-bond acceptors (Lipinski definition) is 7. The Kier molecular flexibility index (Phi) is 6.93. The summed E-state index contributed by atoms with van der Waals surface area (Å²) < 4.78 is 9.48. The Labute approximate surface area is 229 Å². The zero-order valence-corrected chi connectivity index (χ0v) is 23.6. The summed E-state index contributed by atoms with van der Waals surface area (Å²) in [5, 5.41) is 4.27. The van der Waals surface area contributed by atoms with E-state index in [4.69, 9.17) is 4.74 Å². The Balaban J connectivity index is 1.18. The lowest BCUT2D eigenvalue weighted by atomic mass is 9.68. The van der Waals surface area contributed by atoms with Gasteiger partial charge in [-0.25, -0.2) is 4.79 Å². The van der Waals surface area contributed by atoms with E-state index in [9.17, 15) is 9.59 Å². The van der Waals surface area contributed by atoms with Crippen LogP contribution in [0.25, 0.3) is 0 Å². The van der Waals surface area contributed by atoms with Crippen LogP contribution in [-0.4, -0.2) is 80.7 Å². The van der Waals surface area contributed by atoms with Crippen molar-refractivity contribution in [2.45, 2.75) is 95.3 Å². The fourth-order valence-corrected chi connectivity index (χ4v) is 8.37. The van der Waals surface area contributed by atoms with Gasteiger partial charge in [-0.2, -0.15) is 0 Å². The Bertz CT molecular complexity index is 1180. The van der Waals surface area contributed by atoms with E-state index < -0.39 is 0 Å². The van der Waals surface area contributed by atoms with E-state index in [1.54, 1.807) is 0 Å². The first-order valence-electron chi connectivity index (χ1n) is 14.3. The molecule has 3 saturated heterocycles. The number of nitrogens with zero attached hydrogens (tertiary/aromatic N) is 5. The van der Waals surface area contributed by atoms with E-state index in [0.717, 1.165) is 63.9 Å². The van der Waals surface area contributed by atoms with E-state index in [0.29, 0.717) is 36.2 Å². The molecule has 6 rings (SSSR count). The van der Waals surface area contributed by atoms with Crippen LogP contribution in [0.2, 0.25) is 0 Å². The molecule has 1 spiro atoms.